The first-order chi connectivity index (χ1) is 14.5. The Bertz CT molecular complexity index is 1060. The topological polar surface area (TPSA) is 141 Å². The molecule has 2 aromatic carbocycles. The van der Waals surface area contributed by atoms with Crippen molar-refractivity contribution >= 4 is 28.9 Å². The van der Waals surface area contributed by atoms with Crippen LogP contribution in [-0.4, -0.2) is 35.0 Å². The van der Waals surface area contributed by atoms with Gasteiger partial charge in [-0.05, 0) is 36.4 Å². The Morgan fingerprint density at radius 1 is 1.00 bits per heavy atom. The minimum atomic E-state index is -0.648. The van der Waals surface area contributed by atoms with E-state index in [4.69, 9.17) is 9.47 Å². The average molecular weight is 410 g/mol. The Morgan fingerprint density at radius 2 is 1.70 bits per heavy atom. The number of rotatable bonds is 8. The second kappa shape index (κ2) is 9.19. The summed E-state index contributed by atoms with van der Waals surface area (Å²) in [5.41, 5.74) is 5.29. The minimum absolute atomic E-state index is 0.0514. The van der Waals surface area contributed by atoms with Gasteiger partial charge in [-0.15, -0.1) is 0 Å². The first-order valence-electron chi connectivity index (χ1n) is 8.62. The largest absolute Gasteiger partial charge is 0.497 e. The van der Waals surface area contributed by atoms with Gasteiger partial charge in [0.05, 0.1) is 19.1 Å². The fraction of sp³-hybridized carbons (Fsp3) is 0.105. The van der Waals surface area contributed by atoms with Crippen molar-refractivity contribution in [2.24, 2.45) is 0 Å². The van der Waals surface area contributed by atoms with Gasteiger partial charge in [0.2, 0.25) is 11.6 Å². The number of benzene rings is 2. The summed E-state index contributed by atoms with van der Waals surface area (Å²) >= 11 is 0. The molecule has 0 atom stereocenters. The molecule has 0 aliphatic heterocycles. The third-order valence-corrected chi connectivity index (χ3v) is 3.98. The van der Waals surface area contributed by atoms with E-state index in [0.717, 1.165) is 6.33 Å². The molecule has 0 unspecified atom stereocenters. The van der Waals surface area contributed by atoms with Crippen LogP contribution in [0, 0.1) is 10.1 Å². The van der Waals surface area contributed by atoms with Crippen LogP contribution in [0.5, 0.6) is 11.5 Å². The Morgan fingerprint density at radius 3 is 2.37 bits per heavy atom. The molecule has 30 heavy (non-hydrogen) atoms. The van der Waals surface area contributed by atoms with Gasteiger partial charge in [-0.25, -0.2) is 9.97 Å². The summed E-state index contributed by atoms with van der Waals surface area (Å²) in [6.07, 6.45) is 1.14. The summed E-state index contributed by atoms with van der Waals surface area (Å²) in [6, 6.07) is 13.2. The zero-order valence-electron chi connectivity index (χ0n) is 16.1. The summed E-state index contributed by atoms with van der Waals surface area (Å²) in [5.74, 6) is 0.431. The summed E-state index contributed by atoms with van der Waals surface area (Å²) in [4.78, 5) is 31.1. The van der Waals surface area contributed by atoms with Gasteiger partial charge in [-0.2, -0.15) is 0 Å². The molecule has 0 fully saturated rings. The number of amides is 1. The van der Waals surface area contributed by atoms with Gasteiger partial charge in [0.1, 0.15) is 17.8 Å². The van der Waals surface area contributed by atoms with Crippen LogP contribution >= 0.6 is 0 Å². The Hall–Kier alpha value is -4.41. The molecule has 1 amide bonds. The number of anilines is 3. The highest BCUT2D eigenvalue weighted by atomic mass is 16.6. The predicted molar refractivity (Wildman–Crippen MR) is 109 cm³/mol. The number of hydrazine groups is 1. The lowest BCUT2D eigenvalue weighted by atomic mass is 10.2. The molecule has 154 valence electrons. The van der Waals surface area contributed by atoms with E-state index < -0.39 is 16.5 Å². The van der Waals surface area contributed by atoms with Crippen LogP contribution in [-0.2, 0) is 0 Å². The lowest BCUT2D eigenvalue weighted by Crippen LogP contribution is -2.30. The van der Waals surface area contributed by atoms with E-state index in [-0.39, 0.29) is 11.6 Å². The van der Waals surface area contributed by atoms with E-state index in [2.05, 4.69) is 26.1 Å². The molecule has 1 heterocycles. The third-order valence-electron chi connectivity index (χ3n) is 3.98. The zero-order valence-corrected chi connectivity index (χ0v) is 16.1. The maximum atomic E-state index is 12.3. The molecule has 0 saturated heterocycles. The van der Waals surface area contributed by atoms with Crippen LogP contribution in [0.1, 0.15) is 10.4 Å². The number of nitro groups is 1. The van der Waals surface area contributed by atoms with Gasteiger partial charge in [-0.3, -0.25) is 25.8 Å². The van der Waals surface area contributed by atoms with Crippen LogP contribution in [0.3, 0.4) is 0 Å². The monoisotopic (exact) mass is 410 g/mol. The summed E-state index contributed by atoms with van der Waals surface area (Å²) in [7, 11) is 3.03. The van der Waals surface area contributed by atoms with E-state index in [1.54, 1.807) is 48.5 Å². The Kier molecular flexibility index (Phi) is 6.23. The maximum Gasteiger partial charge on any atom is 0.355 e. The van der Waals surface area contributed by atoms with Crippen LogP contribution in [0.25, 0.3) is 0 Å². The van der Waals surface area contributed by atoms with Crippen molar-refractivity contribution in [3.63, 3.8) is 0 Å². The second-order valence-corrected chi connectivity index (χ2v) is 5.84. The van der Waals surface area contributed by atoms with Crippen molar-refractivity contribution in [3.05, 3.63) is 70.5 Å². The zero-order chi connectivity index (χ0) is 21.5. The van der Waals surface area contributed by atoms with Crippen molar-refractivity contribution in [1.82, 2.24) is 15.4 Å². The van der Waals surface area contributed by atoms with Gasteiger partial charge >= 0.3 is 5.69 Å². The quantitative estimate of drug-likeness (QED) is 0.377. The number of nitrogens with one attached hydrogen (secondary N) is 3. The molecule has 3 aromatic rings. The molecule has 0 spiro atoms. The molecule has 0 bridgehead atoms. The molecule has 11 nitrogen and oxygen atoms in total. The summed E-state index contributed by atoms with van der Waals surface area (Å²) in [5, 5.41) is 14.5. The lowest BCUT2D eigenvalue weighted by Gasteiger charge is -2.11. The molecular weight excluding hydrogens is 392 g/mol. The van der Waals surface area contributed by atoms with E-state index in [1.165, 1.54) is 14.2 Å². The molecule has 1 aromatic heterocycles. The lowest BCUT2D eigenvalue weighted by molar-refractivity contribution is -0.383. The van der Waals surface area contributed by atoms with Crippen LogP contribution < -0.4 is 25.6 Å². The van der Waals surface area contributed by atoms with Crippen LogP contribution in [0.4, 0.5) is 23.0 Å². The molecule has 3 rings (SSSR count). The predicted octanol–water partition coefficient (Wildman–Crippen LogP) is 2.90. The van der Waals surface area contributed by atoms with Gasteiger partial charge in [-0.1, -0.05) is 6.07 Å². The van der Waals surface area contributed by atoms with E-state index >= 15 is 0 Å². The average Bonchev–Trinajstić information content (AvgIpc) is 2.77. The fourth-order valence-corrected chi connectivity index (χ4v) is 2.50. The van der Waals surface area contributed by atoms with Crippen molar-refractivity contribution in [1.29, 1.82) is 0 Å². The fourth-order valence-electron chi connectivity index (χ4n) is 2.50. The second-order valence-electron chi connectivity index (χ2n) is 5.84. The number of hydrogen-bond donors (Lipinski definition) is 3. The highest BCUT2D eigenvalue weighted by Gasteiger charge is 2.24. The first-order valence-corrected chi connectivity index (χ1v) is 8.62. The van der Waals surface area contributed by atoms with Crippen molar-refractivity contribution in [3.8, 4) is 11.5 Å². The molecule has 0 aliphatic carbocycles. The first kappa shape index (κ1) is 20.3. The highest BCUT2D eigenvalue weighted by molar-refractivity contribution is 5.95. The number of hydrogen-bond acceptors (Lipinski definition) is 9. The van der Waals surface area contributed by atoms with Crippen molar-refractivity contribution in [2.45, 2.75) is 0 Å². The molecule has 0 aliphatic rings. The molecule has 11 heteroatoms. The maximum absolute atomic E-state index is 12.3. The molecule has 3 N–H and O–H groups in total. The van der Waals surface area contributed by atoms with Gasteiger partial charge in [0.25, 0.3) is 5.91 Å². The molecular formula is C19H18N6O5. The molecule has 0 radical (unpaired) electrons. The van der Waals surface area contributed by atoms with E-state index in [0.29, 0.717) is 22.7 Å². The standard InChI is InChI=1S/C19H18N6O5/c1-29-14-8-6-12(7-9-14)19(26)24-23-18-16(25(27)28)17(20-11-21-18)22-13-4-3-5-15(10-13)30-2/h3-11H,1-2H3,(H,24,26)(H2,20,21,22,23). The Balaban J connectivity index is 1.79. The summed E-state index contributed by atoms with van der Waals surface area (Å²) in [6.45, 7) is 0. The SMILES string of the molecule is COc1ccc(C(=O)NNc2ncnc(Nc3cccc(OC)c3)c2[N+](=O)[O-])cc1. The minimum Gasteiger partial charge on any atom is -0.497 e. The highest BCUT2D eigenvalue weighted by Crippen LogP contribution is 2.31. The van der Waals surface area contributed by atoms with E-state index in [9.17, 15) is 14.9 Å². The third kappa shape index (κ3) is 4.70. The van der Waals surface area contributed by atoms with Crippen molar-refractivity contribution < 1.29 is 19.2 Å². The van der Waals surface area contributed by atoms with Crippen LogP contribution in [0.2, 0.25) is 0 Å². The van der Waals surface area contributed by atoms with Gasteiger partial charge in [0, 0.05) is 17.3 Å². The van der Waals surface area contributed by atoms with Crippen LogP contribution in [0.15, 0.2) is 54.9 Å². The Labute approximate surface area is 171 Å². The smallest absolute Gasteiger partial charge is 0.355 e. The number of methoxy groups -OCH3 is 2. The normalized spacial score (nSPS) is 10.1. The summed E-state index contributed by atoms with van der Waals surface area (Å²) < 4.78 is 10.2. The number of nitrogens with zero attached hydrogens (tertiary/aromatic N) is 3. The number of carbonyl (C=O) groups is 1. The van der Waals surface area contributed by atoms with Gasteiger partial charge < -0.3 is 14.8 Å². The van der Waals surface area contributed by atoms with Gasteiger partial charge in [0.15, 0.2) is 0 Å². The van der Waals surface area contributed by atoms with Crippen molar-refractivity contribution in [2.75, 3.05) is 25.0 Å². The number of aromatic nitrogens is 2. The van der Waals surface area contributed by atoms with E-state index in [1.807, 2.05) is 0 Å². The number of carbonyl (C=O) groups excluding carboxylic acids is 1. The molecule has 0 saturated carbocycles. The number of ether oxygens (including phenoxy) is 2.